The van der Waals surface area contributed by atoms with E-state index in [9.17, 15) is 13.2 Å². The molecule has 1 aromatic rings. The maximum atomic E-state index is 12.4. The molecular weight excluding hydrogens is 235 g/mol. The minimum absolute atomic E-state index is 0.184. The maximum absolute atomic E-state index is 12.4. The van der Waals surface area contributed by atoms with Gasteiger partial charge in [-0.05, 0) is 17.7 Å². The van der Waals surface area contributed by atoms with Gasteiger partial charge in [0.2, 0.25) is 0 Å². The Labute approximate surface area is 97.0 Å². The minimum atomic E-state index is -4.36. The molecule has 0 aromatic heterocycles. The lowest BCUT2D eigenvalue weighted by molar-refractivity contribution is -0.178. The van der Waals surface area contributed by atoms with Crippen LogP contribution in [-0.2, 0) is 6.61 Å². The molecule has 3 nitrogen and oxygen atoms in total. The summed E-state index contributed by atoms with van der Waals surface area (Å²) in [5.74, 6) is -1.39. The van der Waals surface area contributed by atoms with E-state index in [0.717, 1.165) is 0 Å². The fourth-order valence-electron chi connectivity index (χ4n) is 1.23. The minimum Gasteiger partial charge on any atom is -0.493 e. The number of hydrogen-bond acceptors (Lipinski definition) is 3. The second-order valence-electron chi connectivity index (χ2n) is 3.59. The van der Waals surface area contributed by atoms with Crippen LogP contribution < -0.4 is 10.5 Å². The van der Waals surface area contributed by atoms with Gasteiger partial charge in [-0.2, -0.15) is 13.2 Å². The summed E-state index contributed by atoms with van der Waals surface area (Å²) < 4.78 is 42.1. The van der Waals surface area contributed by atoms with Gasteiger partial charge in [-0.15, -0.1) is 0 Å². The fraction of sp³-hybridized carbons (Fsp3) is 0.455. The van der Waals surface area contributed by atoms with Crippen LogP contribution in [0, 0.1) is 5.92 Å². The molecule has 3 N–H and O–H groups in total. The predicted molar refractivity (Wildman–Crippen MR) is 56.5 cm³/mol. The van der Waals surface area contributed by atoms with Crippen molar-refractivity contribution in [1.82, 2.24) is 0 Å². The van der Waals surface area contributed by atoms with Crippen molar-refractivity contribution in [2.24, 2.45) is 11.7 Å². The molecule has 1 atom stereocenters. The standard InChI is InChI=1S/C11H14F3NO2/c12-11(13,14)9(5-15)7-17-10-3-1-2-8(4-10)6-16/h1-4,9,16H,5-7,15H2. The molecule has 0 heterocycles. The first-order valence-corrected chi connectivity index (χ1v) is 5.06. The van der Waals surface area contributed by atoms with Crippen LogP contribution in [0.2, 0.25) is 0 Å². The van der Waals surface area contributed by atoms with E-state index in [4.69, 9.17) is 15.6 Å². The predicted octanol–water partition coefficient (Wildman–Crippen LogP) is 1.69. The van der Waals surface area contributed by atoms with Crippen molar-refractivity contribution in [1.29, 1.82) is 0 Å². The average molecular weight is 249 g/mol. The normalized spacial score (nSPS) is 13.5. The zero-order valence-corrected chi connectivity index (χ0v) is 9.07. The van der Waals surface area contributed by atoms with Crippen molar-refractivity contribution in [2.75, 3.05) is 13.2 Å². The lowest BCUT2D eigenvalue weighted by atomic mass is 10.1. The smallest absolute Gasteiger partial charge is 0.396 e. The fourth-order valence-corrected chi connectivity index (χ4v) is 1.23. The third-order valence-electron chi connectivity index (χ3n) is 2.28. The Bertz CT molecular complexity index is 355. The van der Waals surface area contributed by atoms with E-state index < -0.39 is 25.2 Å². The Kier molecular flexibility index (Phi) is 4.77. The topological polar surface area (TPSA) is 55.5 Å². The molecule has 96 valence electrons. The maximum Gasteiger partial charge on any atom is 0.396 e. The van der Waals surface area contributed by atoms with Crippen LogP contribution in [0.4, 0.5) is 13.2 Å². The quantitative estimate of drug-likeness (QED) is 0.835. The van der Waals surface area contributed by atoms with Crippen molar-refractivity contribution >= 4 is 0 Å². The molecule has 0 bridgehead atoms. The summed E-state index contributed by atoms with van der Waals surface area (Å²) in [6.45, 7) is -1.21. The number of nitrogens with two attached hydrogens (primary N) is 1. The van der Waals surface area contributed by atoms with Crippen molar-refractivity contribution in [3.05, 3.63) is 29.8 Å². The number of aliphatic hydroxyl groups is 1. The summed E-state index contributed by atoms with van der Waals surface area (Å²) in [7, 11) is 0. The van der Waals surface area contributed by atoms with E-state index in [2.05, 4.69) is 0 Å². The van der Waals surface area contributed by atoms with Gasteiger partial charge in [0.1, 0.15) is 18.3 Å². The van der Waals surface area contributed by atoms with E-state index in [1.807, 2.05) is 0 Å². The van der Waals surface area contributed by atoms with Gasteiger partial charge < -0.3 is 15.6 Å². The molecule has 0 fully saturated rings. The molecule has 17 heavy (non-hydrogen) atoms. The first-order valence-electron chi connectivity index (χ1n) is 5.06. The number of rotatable bonds is 5. The number of benzene rings is 1. The highest BCUT2D eigenvalue weighted by atomic mass is 19.4. The number of halogens is 3. The molecular formula is C11H14F3NO2. The molecule has 0 amide bonds. The zero-order valence-electron chi connectivity index (χ0n) is 9.07. The molecule has 1 unspecified atom stereocenters. The zero-order chi connectivity index (χ0) is 12.9. The van der Waals surface area contributed by atoms with Crippen LogP contribution in [0.1, 0.15) is 5.56 Å². The van der Waals surface area contributed by atoms with E-state index in [0.29, 0.717) is 11.3 Å². The van der Waals surface area contributed by atoms with Gasteiger partial charge in [0.25, 0.3) is 0 Å². The summed E-state index contributed by atoms with van der Waals surface area (Å²) in [6.07, 6.45) is -4.36. The van der Waals surface area contributed by atoms with Crippen LogP contribution in [-0.4, -0.2) is 24.4 Å². The van der Waals surface area contributed by atoms with E-state index in [1.165, 1.54) is 12.1 Å². The van der Waals surface area contributed by atoms with Crippen molar-refractivity contribution < 1.29 is 23.0 Å². The lowest BCUT2D eigenvalue weighted by Crippen LogP contribution is -2.35. The Hall–Kier alpha value is -1.27. The molecule has 0 aliphatic rings. The first-order chi connectivity index (χ1) is 7.97. The third-order valence-corrected chi connectivity index (χ3v) is 2.28. The molecule has 0 spiro atoms. The van der Waals surface area contributed by atoms with Crippen LogP contribution in [0.25, 0.3) is 0 Å². The van der Waals surface area contributed by atoms with Gasteiger partial charge in [-0.1, -0.05) is 12.1 Å². The Balaban J connectivity index is 2.59. The Morgan fingerprint density at radius 2 is 2.06 bits per heavy atom. The van der Waals surface area contributed by atoms with E-state index >= 15 is 0 Å². The summed E-state index contributed by atoms with van der Waals surface area (Å²) in [5.41, 5.74) is 5.62. The molecule has 0 aliphatic heterocycles. The first kappa shape index (κ1) is 13.8. The molecule has 0 saturated heterocycles. The highest BCUT2D eigenvalue weighted by Crippen LogP contribution is 2.26. The van der Waals surface area contributed by atoms with Crippen molar-refractivity contribution in [3.63, 3.8) is 0 Å². The van der Waals surface area contributed by atoms with Gasteiger partial charge in [0, 0.05) is 6.54 Å². The summed E-state index contributed by atoms with van der Waals surface area (Å²) >= 11 is 0. The monoisotopic (exact) mass is 249 g/mol. The van der Waals surface area contributed by atoms with Crippen LogP contribution in [0.3, 0.4) is 0 Å². The molecule has 1 rings (SSSR count). The number of hydrogen-bond donors (Lipinski definition) is 2. The average Bonchev–Trinajstić information content (AvgIpc) is 2.28. The molecule has 1 aromatic carbocycles. The Morgan fingerprint density at radius 1 is 1.35 bits per heavy atom. The molecule has 0 radical (unpaired) electrons. The highest BCUT2D eigenvalue weighted by Gasteiger charge is 2.39. The molecule has 6 heteroatoms. The number of alkyl halides is 3. The summed E-state index contributed by atoms with van der Waals surface area (Å²) in [6, 6.07) is 6.27. The van der Waals surface area contributed by atoms with Crippen LogP contribution in [0.15, 0.2) is 24.3 Å². The third kappa shape index (κ3) is 4.24. The van der Waals surface area contributed by atoms with E-state index in [-0.39, 0.29) is 6.61 Å². The summed E-state index contributed by atoms with van der Waals surface area (Å²) in [5, 5.41) is 8.86. The molecule has 0 aliphatic carbocycles. The van der Waals surface area contributed by atoms with Crippen LogP contribution >= 0.6 is 0 Å². The largest absolute Gasteiger partial charge is 0.493 e. The van der Waals surface area contributed by atoms with Crippen molar-refractivity contribution in [2.45, 2.75) is 12.8 Å². The van der Waals surface area contributed by atoms with Crippen molar-refractivity contribution in [3.8, 4) is 5.75 Å². The second-order valence-corrected chi connectivity index (χ2v) is 3.59. The number of aliphatic hydroxyl groups excluding tert-OH is 1. The van der Waals surface area contributed by atoms with Gasteiger partial charge in [0.15, 0.2) is 0 Å². The lowest BCUT2D eigenvalue weighted by Gasteiger charge is -2.18. The molecule has 0 saturated carbocycles. The Morgan fingerprint density at radius 3 is 2.59 bits per heavy atom. The SMILES string of the molecule is NCC(COc1cccc(CO)c1)C(F)(F)F. The van der Waals surface area contributed by atoms with Gasteiger partial charge in [-0.25, -0.2) is 0 Å². The van der Waals surface area contributed by atoms with Gasteiger partial charge in [0.05, 0.1) is 6.61 Å². The van der Waals surface area contributed by atoms with Gasteiger partial charge >= 0.3 is 6.18 Å². The van der Waals surface area contributed by atoms with E-state index in [1.54, 1.807) is 12.1 Å². The summed E-state index contributed by atoms with van der Waals surface area (Å²) in [4.78, 5) is 0. The second kappa shape index (κ2) is 5.88. The van der Waals surface area contributed by atoms with Crippen LogP contribution in [0.5, 0.6) is 5.75 Å². The van der Waals surface area contributed by atoms with Gasteiger partial charge in [-0.3, -0.25) is 0 Å². The highest BCUT2D eigenvalue weighted by molar-refractivity contribution is 5.27. The number of ether oxygens (including phenoxy) is 1.